The molecule has 0 saturated heterocycles. The van der Waals surface area contributed by atoms with Gasteiger partial charge in [0.25, 0.3) is 0 Å². The first kappa shape index (κ1) is 13.3. The lowest BCUT2D eigenvalue weighted by Crippen LogP contribution is -2.07. The van der Waals surface area contributed by atoms with Crippen LogP contribution in [0.4, 0.5) is 5.69 Å². The number of furan rings is 1. The van der Waals surface area contributed by atoms with Crippen molar-refractivity contribution in [2.75, 3.05) is 5.32 Å². The maximum atomic E-state index is 12.0. The number of nitrogens with zero attached hydrogens (tertiary/aromatic N) is 1. The van der Waals surface area contributed by atoms with E-state index in [0.717, 1.165) is 27.6 Å². The van der Waals surface area contributed by atoms with Gasteiger partial charge in [-0.1, -0.05) is 18.2 Å². The molecule has 0 atom stereocenters. The molecule has 0 aliphatic heterocycles. The fourth-order valence-electron chi connectivity index (χ4n) is 2.45. The van der Waals surface area contributed by atoms with E-state index in [1.807, 2.05) is 48.5 Å². The Morgan fingerprint density at radius 1 is 1.13 bits per heavy atom. The van der Waals surface area contributed by atoms with Gasteiger partial charge in [0.2, 0.25) is 5.91 Å². The summed E-state index contributed by atoms with van der Waals surface area (Å²) >= 11 is 0. The Labute approximate surface area is 131 Å². The number of H-pyrrole nitrogens is 1. The minimum Gasteiger partial charge on any atom is -0.457 e. The summed E-state index contributed by atoms with van der Waals surface area (Å²) < 4.78 is 5.64. The Kier molecular flexibility index (Phi) is 3.16. The van der Waals surface area contributed by atoms with Crippen LogP contribution in [0.1, 0.15) is 5.76 Å². The van der Waals surface area contributed by atoms with Gasteiger partial charge in [-0.05, 0) is 36.4 Å². The maximum Gasteiger partial charge on any atom is 0.248 e. The number of benzene rings is 2. The molecule has 0 bridgehead atoms. The van der Waals surface area contributed by atoms with Crippen molar-refractivity contribution < 1.29 is 9.21 Å². The fourth-order valence-corrected chi connectivity index (χ4v) is 2.45. The van der Waals surface area contributed by atoms with E-state index in [-0.39, 0.29) is 5.91 Å². The summed E-state index contributed by atoms with van der Waals surface area (Å²) in [6.07, 6.45) is 4.83. The summed E-state index contributed by atoms with van der Waals surface area (Å²) in [4.78, 5) is 12.0. The molecule has 23 heavy (non-hydrogen) atoms. The molecule has 1 amide bonds. The Hall–Kier alpha value is -3.34. The zero-order chi connectivity index (χ0) is 15.6. The number of amides is 1. The van der Waals surface area contributed by atoms with Gasteiger partial charge in [0.1, 0.15) is 11.3 Å². The van der Waals surface area contributed by atoms with Gasteiger partial charge in [0, 0.05) is 22.5 Å². The average Bonchev–Trinajstić information content (AvgIpc) is 3.18. The SMILES string of the molecule is O=C(/C=C/c1cc2ccccc2o1)Nc1ccc2[nH]ncc2c1. The molecule has 2 N–H and O–H groups in total. The molecule has 2 heterocycles. The van der Waals surface area contributed by atoms with Crippen LogP contribution in [0.2, 0.25) is 0 Å². The van der Waals surface area contributed by atoms with Crippen LogP contribution >= 0.6 is 0 Å². The minimum atomic E-state index is -0.215. The first-order valence-corrected chi connectivity index (χ1v) is 7.19. The Bertz CT molecular complexity index is 994. The third kappa shape index (κ3) is 2.72. The van der Waals surface area contributed by atoms with Gasteiger partial charge in [-0.25, -0.2) is 0 Å². The number of para-hydroxylation sites is 1. The van der Waals surface area contributed by atoms with Crippen molar-refractivity contribution >= 4 is 39.5 Å². The average molecular weight is 303 g/mol. The summed E-state index contributed by atoms with van der Waals surface area (Å²) in [6, 6.07) is 15.2. The number of carbonyl (C=O) groups is 1. The van der Waals surface area contributed by atoms with E-state index in [9.17, 15) is 4.79 Å². The summed E-state index contributed by atoms with van der Waals surface area (Å²) in [7, 11) is 0. The van der Waals surface area contributed by atoms with E-state index in [2.05, 4.69) is 15.5 Å². The molecule has 0 unspecified atom stereocenters. The van der Waals surface area contributed by atoms with Crippen LogP contribution in [0.3, 0.4) is 0 Å². The number of aromatic nitrogens is 2. The van der Waals surface area contributed by atoms with Crippen molar-refractivity contribution in [3.05, 3.63) is 66.6 Å². The first-order chi connectivity index (χ1) is 11.3. The molecule has 5 heteroatoms. The number of carbonyl (C=O) groups excluding carboxylic acids is 1. The molecule has 112 valence electrons. The smallest absolute Gasteiger partial charge is 0.248 e. The predicted molar refractivity (Wildman–Crippen MR) is 90.0 cm³/mol. The minimum absolute atomic E-state index is 0.215. The maximum absolute atomic E-state index is 12.0. The highest BCUT2D eigenvalue weighted by Crippen LogP contribution is 2.20. The molecule has 0 fully saturated rings. The van der Waals surface area contributed by atoms with Crippen LogP contribution in [-0.4, -0.2) is 16.1 Å². The van der Waals surface area contributed by atoms with E-state index >= 15 is 0 Å². The molecule has 2 aromatic carbocycles. The molecule has 4 aromatic rings. The molecule has 0 radical (unpaired) electrons. The summed E-state index contributed by atoms with van der Waals surface area (Å²) in [6.45, 7) is 0. The van der Waals surface area contributed by atoms with Crippen LogP contribution in [0.5, 0.6) is 0 Å². The van der Waals surface area contributed by atoms with E-state index in [1.165, 1.54) is 6.08 Å². The number of nitrogens with one attached hydrogen (secondary N) is 2. The van der Waals surface area contributed by atoms with Crippen LogP contribution in [0.15, 0.2) is 65.2 Å². The standard InChI is InChI=1S/C18H13N3O2/c22-18(20-14-5-7-16-13(9-14)11-19-21-16)8-6-15-10-12-3-1-2-4-17(12)23-15/h1-11H,(H,19,21)(H,20,22)/b8-6+. The lowest BCUT2D eigenvalue weighted by Gasteiger charge is -2.01. The van der Waals surface area contributed by atoms with Crippen LogP contribution in [-0.2, 0) is 4.79 Å². The lowest BCUT2D eigenvalue weighted by atomic mass is 10.2. The third-order valence-corrected chi connectivity index (χ3v) is 3.55. The summed E-state index contributed by atoms with van der Waals surface area (Å²) in [5.74, 6) is 0.430. The predicted octanol–water partition coefficient (Wildman–Crippen LogP) is 3.96. The number of aromatic amines is 1. The number of anilines is 1. The van der Waals surface area contributed by atoms with Gasteiger partial charge in [0.15, 0.2) is 0 Å². The number of hydrogen-bond acceptors (Lipinski definition) is 3. The fraction of sp³-hybridized carbons (Fsp3) is 0. The normalized spacial score (nSPS) is 11.5. The number of hydrogen-bond donors (Lipinski definition) is 2. The molecular weight excluding hydrogens is 290 g/mol. The van der Waals surface area contributed by atoms with Crippen LogP contribution in [0, 0.1) is 0 Å². The Balaban J connectivity index is 1.50. The van der Waals surface area contributed by atoms with Gasteiger partial charge >= 0.3 is 0 Å². The topological polar surface area (TPSA) is 70.9 Å². The summed E-state index contributed by atoms with van der Waals surface area (Å²) in [5, 5.41) is 11.6. The first-order valence-electron chi connectivity index (χ1n) is 7.19. The van der Waals surface area contributed by atoms with E-state index in [0.29, 0.717) is 5.76 Å². The second kappa shape index (κ2) is 5.46. The molecule has 0 aliphatic rings. The monoisotopic (exact) mass is 303 g/mol. The third-order valence-electron chi connectivity index (χ3n) is 3.55. The molecule has 0 spiro atoms. The number of fused-ring (bicyclic) bond motifs is 2. The lowest BCUT2D eigenvalue weighted by molar-refractivity contribution is -0.111. The highest BCUT2D eigenvalue weighted by Gasteiger charge is 2.03. The van der Waals surface area contributed by atoms with Gasteiger partial charge in [-0.3, -0.25) is 9.89 Å². The van der Waals surface area contributed by atoms with Crippen molar-refractivity contribution in [1.82, 2.24) is 10.2 Å². The molecule has 4 rings (SSSR count). The van der Waals surface area contributed by atoms with Crippen molar-refractivity contribution in [2.24, 2.45) is 0 Å². The van der Waals surface area contributed by atoms with Gasteiger partial charge in [-0.2, -0.15) is 5.10 Å². The van der Waals surface area contributed by atoms with Crippen molar-refractivity contribution in [1.29, 1.82) is 0 Å². The van der Waals surface area contributed by atoms with Crippen molar-refractivity contribution in [3.8, 4) is 0 Å². The van der Waals surface area contributed by atoms with Crippen molar-refractivity contribution in [3.63, 3.8) is 0 Å². The summed E-state index contributed by atoms with van der Waals surface area (Å²) in [5.41, 5.74) is 2.46. The van der Waals surface area contributed by atoms with Gasteiger partial charge in [-0.15, -0.1) is 0 Å². The number of rotatable bonds is 3. The molecular formula is C18H13N3O2. The molecule has 2 aromatic heterocycles. The van der Waals surface area contributed by atoms with E-state index in [1.54, 1.807) is 12.3 Å². The largest absolute Gasteiger partial charge is 0.457 e. The Morgan fingerprint density at radius 3 is 2.96 bits per heavy atom. The zero-order valence-electron chi connectivity index (χ0n) is 12.1. The highest BCUT2D eigenvalue weighted by molar-refractivity contribution is 6.03. The second-order valence-electron chi connectivity index (χ2n) is 5.18. The van der Waals surface area contributed by atoms with Gasteiger partial charge in [0.05, 0.1) is 11.7 Å². The van der Waals surface area contributed by atoms with E-state index < -0.39 is 0 Å². The Morgan fingerprint density at radius 2 is 2.04 bits per heavy atom. The zero-order valence-corrected chi connectivity index (χ0v) is 12.1. The second-order valence-corrected chi connectivity index (χ2v) is 5.18. The quantitative estimate of drug-likeness (QED) is 0.563. The molecule has 0 saturated carbocycles. The van der Waals surface area contributed by atoms with Crippen LogP contribution < -0.4 is 5.32 Å². The van der Waals surface area contributed by atoms with Crippen LogP contribution in [0.25, 0.3) is 27.9 Å². The van der Waals surface area contributed by atoms with E-state index in [4.69, 9.17) is 4.42 Å². The van der Waals surface area contributed by atoms with Gasteiger partial charge < -0.3 is 9.73 Å². The van der Waals surface area contributed by atoms with Crippen molar-refractivity contribution in [2.45, 2.75) is 0 Å². The molecule has 5 nitrogen and oxygen atoms in total. The molecule has 0 aliphatic carbocycles. The highest BCUT2D eigenvalue weighted by atomic mass is 16.3.